The molecule has 0 radical (unpaired) electrons. The first-order chi connectivity index (χ1) is 10.3. The average molecular weight is 317 g/mol. The summed E-state index contributed by atoms with van der Waals surface area (Å²) in [5, 5.41) is 6.67. The van der Waals surface area contributed by atoms with Crippen LogP contribution in [0, 0.1) is 19.7 Å². The van der Waals surface area contributed by atoms with Gasteiger partial charge in [0, 0.05) is 28.9 Å². The van der Waals surface area contributed by atoms with E-state index in [0.29, 0.717) is 0 Å². The van der Waals surface area contributed by atoms with Crippen molar-refractivity contribution >= 4 is 22.0 Å². The first-order valence-electron chi connectivity index (χ1n) is 7.11. The molecule has 0 spiro atoms. The van der Waals surface area contributed by atoms with E-state index in [1.165, 1.54) is 17.7 Å². The maximum absolute atomic E-state index is 13.9. The molecule has 5 heteroatoms. The summed E-state index contributed by atoms with van der Waals surface area (Å²) in [5.74, 6) is -0.263. The van der Waals surface area contributed by atoms with Gasteiger partial charge >= 0.3 is 0 Å². The van der Waals surface area contributed by atoms with E-state index in [1.54, 1.807) is 0 Å². The first-order valence-corrected chi connectivity index (χ1v) is 8.72. The third kappa shape index (κ3) is 2.21. The zero-order valence-electron chi connectivity index (χ0n) is 13.2. The molecule has 3 nitrogen and oxygen atoms in total. The van der Waals surface area contributed by atoms with E-state index >= 15 is 0 Å². The molecule has 1 aliphatic heterocycles. The highest BCUT2D eigenvalue weighted by molar-refractivity contribution is 8.32. The highest BCUT2D eigenvalue weighted by Crippen LogP contribution is 2.60. The van der Waals surface area contributed by atoms with Crippen molar-refractivity contribution in [3.05, 3.63) is 58.9 Å². The van der Waals surface area contributed by atoms with E-state index in [0.717, 1.165) is 27.4 Å². The van der Waals surface area contributed by atoms with Crippen LogP contribution >= 0.6 is 10.6 Å². The molecule has 2 N–H and O–H groups in total. The lowest BCUT2D eigenvalue weighted by atomic mass is 10.1. The molecule has 0 saturated heterocycles. The molecule has 1 atom stereocenters. The van der Waals surface area contributed by atoms with Crippen LogP contribution in [0.2, 0.25) is 0 Å². The summed E-state index contributed by atoms with van der Waals surface area (Å²) in [6, 6.07) is 11.2. The normalized spacial score (nSPS) is 22.7. The second-order valence-corrected chi connectivity index (χ2v) is 8.05. The van der Waals surface area contributed by atoms with Crippen LogP contribution in [0.15, 0.2) is 45.7 Å². The molecule has 1 unspecified atom stereocenters. The standard InChI is InChI=1S/C17H20FN3S/c1-11-5-7-15(8-6-11)21(4)22(19)16-10-14(18)9-12(2)17(16)13(3)20-22/h5-10H,19H2,1-4H3. The molecule has 0 amide bonds. The van der Waals surface area contributed by atoms with Crippen LogP contribution in [0.3, 0.4) is 0 Å². The Labute approximate surface area is 132 Å². The van der Waals surface area contributed by atoms with Crippen LogP contribution in [0.1, 0.15) is 23.6 Å². The topological polar surface area (TPSA) is 41.6 Å². The third-order valence-corrected chi connectivity index (χ3v) is 6.61. The third-order valence-electron chi connectivity index (χ3n) is 4.04. The molecule has 116 valence electrons. The summed E-state index contributed by atoms with van der Waals surface area (Å²) in [7, 11) is -0.198. The largest absolute Gasteiger partial charge is 0.306 e. The number of nitrogens with zero attached hydrogens (tertiary/aromatic N) is 2. The van der Waals surface area contributed by atoms with Gasteiger partial charge in [-0.3, -0.25) is 5.14 Å². The Hall–Kier alpha value is -1.85. The Morgan fingerprint density at radius 2 is 1.73 bits per heavy atom. The van der Waals surface area contributed by atoms with Gasteiger partial charge in [0.15, 0.2) is 0 Å². The molecule has 2 aromatic rings. The first kappa shape index (κ1) is 15.1. The van der Waals surface area contributed by atoms with Gasteiger partial charge < -0.3 is 4.31 Å². The number of halogens is 1. The summed E-state index contributed by atoms with van der Waals surface area (Å²) < 4.78 is 20.6. The SMILES string of the molecule is CC1=NS(N)(N(C)c2ccc(C)cc2)c2cc(F)cc(C)c21. The van der Waals surface area contributed by atoms with Gasteiger partial charge in [-0.1, -0.05) is 17.7 Å². The second kappa shape index (κ2) is 5.11. The predicted molar refractivity (Wildman–Crippen MR) is 93.0 cm³/mol. The van der Waals surface area contributed by atoms with Crippen LogP contribution in [0.4, 0.5) is 10.1 Å². The maximum Gasteiger partial charge on any atom is 0.124 e. The summed E-state index contributed by atoms with van der Waals surface area (Å²) >= 11 is 0. The zero-order valence-corrected chi connectivity index (χ0v) is 14.0. The minimum atomic E-state index is -2.12. The van der Waals surface area contributed by atoms with E-state index in [9.17, 15) is 4.39 Å². The van der Waals surface area contributed by atoms with Crippen molar-refractivity contribution in [2.24, 2.45) is 9.54 Å². The number of fused-ring (bicyclic) bond motifs is 1. The van der Waals surface area contributed by atoms with E-state index in [-0.39, 0.29) is 5.82 Å². The number of rotatable bonds is 2. The number of nitrogens with two attached hydrogens (primary N) is 1. The fourth-order valence-corrected chi connectivity index (χ4v) is 5.20. The monoisotopic (exact) mass is 317 g/mol. The number of aryl methyl sites for hydroxylation is 2. The number of anilines is 1. The Morgan fingerprint density at radius 1 is 1.09 bits per heavy atom. The minimum absolute atomic E-state index is 0.263. The van der Waals surface area contributed by atoms with Crippen molar-refractivity contribution in [1.82, 2.24) is 0 Å². The Morgan fingerprint density at radius 3 is 2.36 bits per heavy atom. The van der Waals surface area contributed by atoms with Crippen molar-refractivity contribution in [2.75, 3.05) is 11.4 Å². The minimum Gasteiger partial charge on any atom is -0.306 e. The predicted octanol–water partition coefficient (Wildman–Crippen LogP) is 4.27. The van der Waals surface area contributed by atoms with Crippen molar-refractivity contribution in [1.29, 1.82) is 0 Å². The van der Waals surface area contributed by atoms with Gasteiger partial charge in [0.25, 0.3) is 0 Å². The van der Waals surface area contributed by atoms with Crippen molar-refractivity contribution in [2.45, 2.75) is 25.7 Å². The summed E-state index contributed by atoms with van der Waals surface area (Å²) in [6.45, 7) is 5.88. The molecule has 3 rings (SSSR count). The van der Waals surface area contributed by atoms with Gasteiger partial charge in [0.2, 0.25) is 0 Å². The van der Waals surface area contributed by atoms with E-state index in [4.69, 9.17) is 9.54 Å². The molecule has 0 saturated carbocycles. The van der Waals surface area contributed by atoms with Crippen molar-refractivity contribution < 1.29 is 4.39 Å². The highest BCUT2D eigenvalue weighted by Gasteiger charge is 2.36. The molecular weight excluding hydrogens is 297 g/mol. The molecular formula is C17H20FN3S. The van der Waals surface area contributed by atoms with Crippen molar-refractivity contribution in [3.63, 3.8) is 0 Å². The van der Waals surface area contributed by atoms with Gasteiger partial charge in [-0.15, -0.1) is 0 Å². The van der Waals surface area contributed by atoms with Crippen LogP contribution in [0.5, 0.6) is 0 Å². The van der Waals surface area contributed by atoms with Crippen molar-refractivity contribution in [3.8, 4) is 0 Å². The average Bonchev–Trinajstić information content (AvgIpc) is 2.71. The molecule has 22 heavy (non-hydrogen) atoms. The van der Waals surface area contributed by atoms with E-state index in [2.05, 4.69) is 0 Å². The smallest absolute Gasteiger partial charge is 0.124 e. The second-order valence-electron chi connectivity index (χ2n) is 5.70. The fourth-order valence-electron chi connectivity index (χ4n) is 2.84. The van der Waals surface area contributed by atoms with E-state index in [1.807, 2.05) is 56.4 Å². The number of benzene rings is 2. The molecule has 0 fully saturated rings. The maximum atomic E-state index is 13.9. The molecule has 2 aromatic carbocycles. The van der Waals surface area contributed by atoms with Gasteiger partial charge in [-0.25, -0.2) is 8.79 Å². The van der Waals surface area contributed by atoms with Crippen LogP contribution < -0.4 is 9.44 Å². The fraction of sp³-hybridized carbons (Fsp3) is 0.235. The lowest BCUT2D eigenvalue weighted by Crippen LogP contribution is -2.27. The molecule has 0 bridgehead atoms. The lowest BCUT2D eigenvalue weighted by molar-refractivity contribution is 0.622. The molecule has 0 aromatic heterocycles. The zero-order chi connectivity index (χ0) is 16.1. The Bertz CT molecular complexity index is 770. The van der Waals surface area contributed by atoms with Crippen LogP contribution in [-0.2, 0) is 0 Å². The molecule has 1 heterocycles. The molecule has 1 aliphatic rings. The quantitative estimate of drug-likeness (QED) is 0.899. The summed E-state index contributed by atoms with van der Waals surface area (Å²) in [4.78, 5) is 0.797. The number of hydrogen-bond acceptors (Lipinski definition) is 3. The van der Waals surface area contributed by atoms with E-state index < -0.39 is 10.6 Å². The van der Waals surface area contributed by atoms with Gasteiger partial charge in [0.05, 0.1) is 10.6 Å². The van der Waals surface area contributed by atoms with Crippen LogP contribution in [-0.4, -0.2) is 12.8 Å². The highest BCUT2D eigenvalue weighted by atomic mass is 32.3. The van der Waals surface area contributed by atoms with Crippen LogP contribution in [0.25, 0.3) is 0 Å². The lowest BCUT2D eigenvalue weighted by Gasteiger charge is -2.39. The number of hydrogen-bond donors (Lipinski definition) is 1. The summed E-state index contributed by atoms with van der Waals surface area (Å²) in [6.07, 6.45) is 0. The van der Waals surface area contributed by atoms with Gasteiger partial charge in [-0.05, 0) is 50.6 Å². The Balaban J connectivity index is 2.14. The van der Waals surface area contributed by atoms with Gasteiger partial charge in [0.1, 0.15) is 5.82 Å². The molecule has 0 aliphatic carbocycles. The van der Waals surface area contributed by atoms with Gasteiger partial charge in [-0.2, -0.15) is 0 Å². The Kier molecular flexibility index (Phi) is 3.50. The summed E-state index contributed by atoms with van der Waals surface area (Å²) in [5.41, 5.74) is 4.91.